The fourth-order valence-electron chi connectivity index (χ4n) is 3.53. The van der Waals surface area contributed by atoms with E-state index in [2.05, 4.69) is 10.2 Å². The van der Waals surface area contributed by atoms with E-state index in [0.29, 0.717) is 49.1 Å². The number of nitrogens with zero attached hydrogens (tertiary/aromatic N) is 2. The van der Waals surface area contributed by atoms with Crippen LogP contribution in [0.4, 0.5) is 11.4 Å². The Morgan fingerprint density at radius 2 is 1.73 bits per heavy atom. The van der Waals surface area contributed by atoms with Crippen LogP contribution < -0.4 is 10.2 Å². The fourth-order valence-corrected chi connectivity index (χ4v) is 3.83. The lowest BCUT2D eigenvalue weighted by atomic mass is 10.1. The molecule has 4 rings (SSSR count). The molecule has 0 atom stereocenters. The van der Waals surface area contributed by atoms with Crippen LogP contribution in [0.2, 0.25) is 5.02 Å². The molecule has 0 radical (unpaired) electrons. The highest BCUT2D eigenvalue weighted by molar-refractivity contribution is 6.33. The van der Waals surface area contributed by atoms with E-state index in [1.54, 1.807) is 23.1 Å². The van der Waals surface area contributed by atoms with E-state index in [9.17, 15) is 9.59 Å². The second-order valence-corrected chi connectivity index (χ2v) is 7.54. The van der Waals surface area contributed by atoms with Crippen molar-refractivity contribution in [2.45, 2.75) is 6.42 Å². The molecule has 0 aliphatic carbocycles. The Morgan fingerprint density at radius 3 is 2.40 bits per heavy atom. The lowest BCUT2D eigenvalue weighted by Crippen LogP contribution is -2.48. The zero-order chi connectivity index (χ0) is 20.9. The molecule has 7 heteroatoms. The standard InChI is InChI=1S/C23H22ClN3O3/c24-19-16-18(25-22(28)15-17-5-2-1-3-6-17)8-9-20(19)26-10-12-27(13-11-26)23(29)21-7-4-14-30-21/h1-9,14,16H,10-13,15H2,(H,25,28). The summed E-state index contributed by atoms with van der Waals surface area (Å²) in [7, 11) is 0. The average molecular weight is 424 g/mol. The summed E-state index contributed by atoms with van der Waals surface area (Å²) in [5.74, 6) is 0.175. The molecule has 0 saturated carbocycles. The number of hydrogen-bond donors (Lipinski definition) is 1. The van der Waals surface area contributed by atoms with Gasteiger partial charge in [-0.25, -0.2) is 0 Å². The Morgan fingerprint density at radius 1 is 0.967 bits per heavy atom. The summed E-state index contributed by atoms with van der Waals surface area (Å²) < 4.78 is 5.20. The first-order valence-corrected chi connectivity index (χ1v) is 10.2. The van der Waals surface area contributed by atoms with E-state index >= 15 is 0 Å². The van der Waals surface area contributed by atoms with Gasteiger partial charge in [0.15, 0.2) is 5.76 Å². The lowest BCUT2D eigenvalue weighted by Gasteiger charge is -2.36. The van der Waals surface area contributed by atoms with Crippen molar-refractivity contribution in [2.75, 3.05) is 36.4 Å². The van der Waals surface area contributed by atoms with Gasteiger partial charge in [-0.2, -0.15) is 0 Å². The predicted octanol–water partition coefficient (Wildman–Crippen LogP) is 4.08. The van der Waals surface area contributed by atoms with Crippen molar-refractivity contribution in [3.63, 3.8) is 0 Å². The van der Waals surface area contributed by atoms with E-state index in [1.807, 2.05) is 42.5 Å². The first-order valence-electron chi connectivity index (χ1n) is 9.81. The number of benzene rings is 2. The summed E-state index contributed by atoms with van der Waals surface area (Å²) in [6, 6.07) is 18.5. The van der Waals surface area contributed by atoms with Gasteiger partial charge < -0.3 is 19.5 Å². The highest BCUT2D eigenvalue weighted by atomic mass is 35.5. The van der Waals surface area contributed by atoms with Crippen molar-refractivity contribution < 1.29 is 14.0 Å². The smallest absolute Gasteiger partial charge is 0.289 e. The summed E-state index contributed by atoms with van der Waals surface area (Å²) in [6.07, 6.45) is 1.81. The number of carbonyl (C=O) groups excluding carboxylic acids is 2. The second kappa shape index (κ2) is 9.05. The molecule has 1 aliphatic heterocycles. The van der Waals surface area contributed by atoms with Gasteiger partial charge in [-0.1, -0.05) is 41.9 Å². The van der Waals surface area contributed by atoms with Gasteiger partial charge in [0, 0.05) is 31.9 Å². The zero-order valence-electron chi connectivity index (χ0n) is 16.4. The van der Waals surface area contributed by atoms with Crippen LogP contribution in [0.1, 0.15) is 16.1 Å². The summed E-state index contributed by atoms with van der Waals surface area (Å²) in [6.45, 7) is 2.52. The van der Waals surface area contributed by atoms with E-state index < -0.39 is 0 Å². The molecule has 3 aromatic rings. The third-order valence-corrected chi connectivity index (χ3v) is 5.38. The van der Waals surface area contributed by atoms with Gasteiger partial charge in [-0.3, -0.25) is 9.59 Å². The molecular weight excluding hydrogens is 402 g/mol. The Labute approximate surface area is 180 Å². The number of furan rings is 1. The molecule has 30 heavy (non-hydrogen) atoms. The Balaban J connectivity index is 1.34. The van der Waals surface area contributed by atoms with E-state index in [0.717, 1.165) is 11.3 Å². The minimum Gasteiger partial charge on any atom is -0.459 e. The monoisotopic (exact) mass is 423 g/mol. The van der Waals surface area contributed by atoms with Crippen LogP contribution in [0, 0.1) is 0 Å². The number of piperazine rings is 1. The Bertz CT molecular complexity index is 1010. The van der Waals surface area contributed by atoms with Crippen molar-refractivity contribution in [3.05, 3.63) is 83.3 Å². The van der Waals surface area contributed by atoms with Crippen LogP contribution >= 0.6 is 11.6 Å². The highest BCUT2D eigenvalue weighted by Crippen LogP contribution is 2.30. The number of rotatable bonds is 5. The number of nitrogens with one attached hydrogen (secondary N) is 1. The van der Waals surface area contributed by atoms with E-state index in [-0.39, 0.29) is 11.8 Å². The van der Waals surface area contributed by atoms with Crippen molar-refractivity contribution in [2.24, 2.45) is 0 Å². The Hall–Kier alpha value is -3.25. The van der Waals surface area contributed by atoms with Gasteiger partial charge in [0.1, 0.15) is 0 Å². The maximum Gasteiger partial charge on any atom is 0.289 e. The lowest BCUT2D eigenvalue weighted by molar-refractivity contribution is -0.115. The number of amides is 2. The predicted molar refractivity (Wildman–Crippen MR) is 117 cm³/mol. The minimum absolute atomic E-state index is 0.0879. The number of hydrogen-bond acceptors (Lipinski definition) is 4. The van der Waals surface area contributed by atoms with Crippen LogP contribution in [0.3, 0.4) is 0 Å². The largest absolute Gasteiger partial charge is 0.459 e. The molecular formula is C23H22ClN3O3. The van der Waals surface area contributed by atoms with Gasteiger partial charge in [-0.15, -0.1) is 0 Å². The molecule has 1 aliphatic rings. The van der Waals surface area contributed by atoms with Crippen molar-refractivity contribution >= 4 is 34.8 Å². The number of carbonyl (C=O) groups is 2. The molecule has 2 heterocycles. The molecule has 1 aromatic heterocycles. The summed E-state index contributed by atoms with van der Waals surface area (Å²) in [4.78, 5) is 28.6. The average Bonchev–Trinajstić information content (AvgIpc) is 3.29. The number of halogens is 1. The van der Waals surface area contributed by atoms with E-state index in [4.69, 9.17) is 16.0 Å². The Kier molecular flexibility index (Phi) is 6.05. The van der Waals surface area contributed by atoms with Gasteiger partial charge in [0.05, 0.1) is 23.4 Å². The maximum absolute atomic E-state index is 12.4. The highest BCUT2D eigenvalue weighted by Gasteiger charge is 2.24. The van der Waals surface area contributed by atoms with Crippen LogP contribution in [0.15, 0.2) is 71.3 Å². The molecule has 1 saturated heterocycles. The molecule has 1 N–H and O–H groups in total. The molecule has 154 valence electrons. The quantitative estimate of drug-likeness (QED) is 0.671. The molecule has 0 spiro atoms. The molecule has 6 nitrogen and oxygen atoms in total. The molecule has 0 bridgehead atoms. The van der Waals surface area contributed by atoms with Crippen molar-refractivity contribution in [1.82, 2.24) is 4.90 Å². The maximum atomic E-state index is 12.4. The normalized spacial score (nSPS) is 13.9. The van der Waals surface area contributed by atoms with Crippen LogP contribution in [0.25, 0.3) is 0 Å². The van der Waals surface area contributed by atoms with Gasteiger partial charge in [0.2, 0.25) is 5.91 Å². The second-order valence-electron chi connectivity index (χ2n) is 7.13. The fraction of sp³-hybridized carbons (Fsp3) is 0.217. The number of anilines is 2. The first kappa shape index (κ1) is 20.0. The van der Waals surface area contributed by atoms with E-state index in [1.165, 1.54) is 6.26 Å². The molecule has 2 amide bonds. The van der Waals surface area contributed by atoms with Crippen LogP contribution in [-0.4, -0.2) is 42.9 Å². The van der Waals surface area contributed by atoms with Crippen molar-refractivity contribution in [1.29, 1.82) is 0 Å². The molecule has 1 fully saturated rings. The van der Waals surface area contributed by atoms with Crippen molar-refractivity contribution in [3.8, 4) is 0 Å². The van der Waals surface area contributed by atoms with Crippen LogP contribution in [-0.2, 0) is 11.2 Å². The van der Waals surface area contributed by atoms with Gasteiger partial charge >= 0.3 is 0 Å². The zero-order valence-corrected chi connectivity index (χ0v) is 17.1. The summed E-state index contributed by atoms with van der Waals surface area (Å²) in [5.41, 5.74) is 2.51. The third-order valence-electron chi connectivity index (χ3n) is 5.08. The van der Waals surface area contributed by atoms with Crippen LogP contribution in [0.5, 0.6) is 0 Å². The topological polar surface area (TPSA) is 65.8 Å². The summed E-state index contributed by atoms with van der Waals surface area (Å²) in [5, 5.41) is 3.46. The minimum atomic E-state index is -0.0952. The third kappa shape index (κ3) is 4.66. The van der Waals surface area contributed by atoms with Gasteiger partial charge in [-0.05, 0) is 35.9 Å². The first-order chi connectivity index (χ1) is 14.6. The molecule has 0 unspecified atom stereocenters. The molecule has 2 aromatic carbocycles. The SMILES string of the molecule is O=C(Cc1ccccc1)Nc1ccc(N2CCN(C(=O)c3ccco3)CC2)c(Cl)c1. The summed E-state index contributed by atoms with van der Waals surface area (Å²) >= 11 is 6.50. The van der Waals surface area contributed by atoms with Gasteiger partial charge in [0.25, 0.3) is 5.91 Å².